The number of hydrogen-bond donors (Lipinski definition) is 1. The maximum Gasteiger partial charge on any atom is 0.271 e. The lowest BCUT2D eigenvalue weighted by Crippen LogP contribution is -2.64. The highest BCUT2D eigenvalue weighted by Gasteiger charge is 2.48. The number of carbonyl (C=O) groups is 2. The number of fused-ring (bicyclic) bond motifs is 3. The number of aromatic nitrogens is 1. The molecular formula is C25H26ClN3O2. The van der Waals surface area contributed by atoms with Gasteiger partial charge < -0.3 is 14.8 Å². The normalized spacial score (nSPS) is 21.5. The maximum absolute atomic E-state index is 13.7. The van der Waals surface area contributed by atoms with Crippen molar-refractivity contribution >= 4 is 34.3 Å². The van der Waals surface area contributed by atoms with Crippen LogP contribution in [0.25, 0.3) is 10.9 Å². The molecule has 1 saturated carbocycles. The predicted octanol–water partition coefficient (Wildman–Crippen LogP) is 4.77. The Morgan fingerprint density at radius 3 is 2.61 bits per heavy atom. The first-order valence-corrected chi connectivity index (χ1v) is 11.3. The number of para-hydroxylation sites is 1. The standard InChI is InChI=1S/C25H26ClN3O2/c1-25(24(31)27-19-10-4-5-11-19)16-28-21-13-7-3-8-17(21)14-22(28)23(30)29(25)15-18-9-2-6-12-20(18)26/h2-3,6-9,12-14,19H,4-5,10-11,15-16H2,1H3,(H,27,31). The summed E-state index contributed by atoms with van der Waals surface area (Å²) in [6.07, 6.45) is 4.27. The van der Waals surface area contributed by atoms with E-state index in [0.29, 0.717) is 17.3 Å². The molecule has 1 aliphatic carbocycles. The summed E-state index contributed by atoms with van der Waals surface area (Å²) < 4.78 is 2.00. The fourth-order valence-electron chi connectivity index (χ4n) is 4.96. The van der Waals surface area contributed by atoms with Crippen LogP contribution in [-0.4, -0.2) is 32.9 Å². The van der Waals surface area contributed by atoms with Crippen molar-refractivity contribution in [2.45, 2.75) is 57.3 Å². The van der Waals surface area contributed by atoms with E-state index in [2.05, 4.69) is 5.32 Å². The van der Waals surface area contributed by atoms with Crippen LogP contribution < -0.4 is 5.32 Å². The van der Waals surface area contributed by atoms with Gasteiger partial charge in [0.1, 0.15) is 11.2 Å². The molecule has 2 heterocycles. The van der Waals surface area contributed by atoms with Gasteiger partial charge in [0.2, 0.25) is 5.91 Å². The highest BCUT2D eigenvalue weighted by molar-refractivity contribution is 6.31. The Morgan fingerprint density at radius 2 is 1.84 bits per heavy atom. The van der Waals surface area contributed by atoms with Crippen molar-refractivity contribution in [2.24, 2.45) is 0 Å². The van der Waals surface area contributed by atoms with Crippen LogP contribution in [0.1, 0.15) is 48.7 Å². The van der Waals surface area contributed by atoms with Gasteiger partial charge in [0, 0.05) is 28.5 Å². The van der Waals surface area contributed by atoms with E-state index in [-0.39, 0.29) is 24.4 Å². The summed E-state index contributed by atoms with van der Waals surface area (Å²) in [5, 5.41) is 4.83. The lowest BCUT2D eigenvalue weighted by Gasteiger charge is -2.44. The van der Waals surface area contributed by atoms with Gasteiger partial charge in [-0.25, -0.2) is 0 Å². The minimum Gasteiger partial charge on any atom is -0.351 e. The third kappa shape index (κ3) is 3.41. The molecule has 0 spiro atoms. The fraction of sp³-hybridized carbons (Fsp3) is 0.360. The maximum atomic E-state index is 13.7. The smallest absolute Gasteiger partial charge is 0.271 e. The Balaban J connectivity index is 1.58. The summed E-state index contributed by atoms with van der Waals surface area (Å²) >= 11 is 6.42. The molecule has 1 N–H and O–H groups in total. The molecule has 1 unspecified atom stereocenters. The topological polar surface area (TPSA) is 54.3 Å². The first kappa shape index (κ1) is 20.1. The number of nitrogens with zero attached hydrogens (tertiary/aromatic N) is 2. The van der Waals surface area contributed by atoms with Crippen LogP contribution in [0.2, 0.25) is 5.02 Å². The molecule has 0 radical (unpaired) electrons. The molecular weight excluding hydrogens is 410 g/mol. The zero-order valence-electron chi connectivity index (χ0n) is 17.6. The Kier molecular flexibility index (Phi) is 5.01. The van der Waals surface area contributed by atoms with E-state index in [0.717, 1.165) is 42.1 Å². The van der Waals surface area contributed by atoms with Crippen molar-refractivity contribution in [1.29, 1.82) is 0 Å². The lowest BCUT2D eigenvalue weighted by atomic mass is 9.93. The van der Waals surface area contributed by atoms with E-state index < -0.39 is 5.54 Å². The Bertz CT molecular complexity index is 1160. The van der Waals surface area contributed by atoms with Crippen molar-refractivity contribution in [3.8, 4) is 0 Å². The SMILES string of the molecule is CC1(C(=O)NC2CCCC2)Cn2c(cc3ccccc32)C(=O)N1Cc1ccccc1Cl. The average Bonchev–Trinajstić information content (AvgIpc) is 3.40. The van der Waals surface area contributed by atoms with E-state index in [4.69, 9.17) is 11.6 Å². The van der Waals surface area contributed by atoms with Gasteiger partial charge in [-0.15, -0.1) is 0 Å². The highest BCUT2D eigenvalue weighted by atomic mass is 35.5. The number of hydrogen-bond acceptors (Lipinski definition) is 2. The van der Waals surface area contributed by atoms with E-state index in [1.807, 2.05) is 66.1 Å². The molecule has 1 atom stereocenters. The summed E-state index contributed by atoms with van der Waals surface area (Å²) in [6.45, 7) is 2.57. The fourth-order valence-corrected chi connectivity index (χ4v) is 5.16. The molecule has 1 aromatic heterocycles. The quantitative estimate of drug-likeness (QED) is 0.641. The van der Waals surface area contributed by atoms with E-state index in [9.17, 15) is 9.59 Å². The third-order valence-corrected chi connectivity index (χ3v) is 7.17. The minimum absolute atomic E-state index is 0.0942. The van der Waals surface area contributed by atoms with Gasteiger partial charge in [-0.2, -0.15) is 0 Å². The zero-order chi connectivity index (χ0) is 21.6. The van der Waals surface area contributed by atoms with Crippen LogP contribution in [0.15, 0.2) is 54.6 Å². The average molecular weight is 436 g/mol. The molecule has 2 aromatic carbocycles. The number of benzene rings is 2. The second kappa shape index (κ2) is 7.72. The predicted molar refractivity (Wildman–Crippen MR) is 122 cm³/mol. The van der Waals surface area contributed by atoms with E-state index >= 15 is 0 Å². The molecule has 0 saturated heterocycles. The summed E-state index contributed by atoms with van der Waals surface area (Å²) in [6, 6.07) is 17.5. The van der Waals surface area contributed by atoms with Crippen LogP contribution in [0.5, 0.6) is 0 Å². The van der Waals surface area contributed by atoms with Gasteiger partial charge in [-0.3, -0.25) is 9.59 Å². The molecule has 1 fully saturated rings. The van der Waals surface area contributed by atoms with Crippen LogP contribution in [0.4, 0.5) is 0 Å². The van der Waals surface area contributed by atoms with Crippen LogP contribution in [0, 0.1) is 0 Å². The van der Waals surface area contributed by atoms with Gasteiger partial charge >= 0.3 is 0 Å². The molecule has 5 nitrogen and oxygen atoms in total. The van der Waals surface area contributed by atoms with Crippen molar-refractivity contribution < 1.29 is 9.59 Å². The molecule has 31 heavy (non-hydrogen) atoms. The van der Waals surface area contributed by atoms with Crippen molar-refractivity contribution in [1.82, 2.24) is 14.8 Å². The van der Waals surface area contributed by atoms with Crippen LogP contribution in [-0.2, 0) is 17.9 Å². The number of nitrogens with one attached hydrogen (secondary N) is 1. The van der Waals surface area contributed by atoms with Gasteiger partial charge in [-0.05, 0) is 43.5 Å². The van der Waals surface area contributed by atoms with Crippen molar-refractivity contribution in [3.05, 3.63) is 70.9 Å². The molecule has 3 aromatic rings. The van der Waals surface area contributed by atoms with E-state index in [1.54, 1.807) is 4.90 Å². The zero-order valence-corrected chi connectivity index (χ0v) is 18.4. The minimum atomic E-state index is -1.02. The largest absolute Gasteiger partial charge is 0.351 e. The molecule has 160 valence electrons. The van der Waals surface area contributed by atoms with Crippen LogP contribution in [0.3, 0.4) is 0 Å². The number of rotatable bonds is 4. The Hall–Kier alpha value is -2.79. The molecule has 2 amide bonds. The molecule has 5 rings (SSSR count). The summed E-state index contributed by atoms with van der Waals surface area (Å²) in [5.41, 5.74) is 1.40. The molecule has 1 aliphatic heterocycles. The van der Waals surface area contributed by atoms with E-state index in [1.165, 1.54) is 0 Å². The number of halogens is 1. The molecule has 0 bridgehead atoms. The number of amides is 2. The Labute approximate surface area is 187 Å². The molecule has 2 aliphatic rings. The second-order valence-corrected chi connectivity index (χ2v) is 9.29. The van der Waals surface area contributed by atoms with Gasteiger partial charge in [0.15, 0.2) is 0 Å². The third-order valence-electron chi connectivity index (χ3n) is 6.80. The monoisotopic (exact) mass is 435 g/mol. The van der Waals surface area contributed by atoms with Gasteiger partial charge in [0.25, 0.3) is 5.91 Å². The van der Waals surface area contributed by atoms with Crippen LogP contribution >= 0.6 is 11.6 Å². The summed E-state index contributed by atoms with van der Waals surface area (Å²) in [7, 11) is 0. The number of carbonyl (C=O) groups excluding carboxylic acids is 2. The summed E-state index contributed by atoms with van der Waals surface area (Å²) in [4.78, 5) is 29.1. The Morgan fingerprint density at radius 1 is 1.13 bits per heavy atom. The van der Waals surface area contributed by atoms with Gasteiger partial charge in [0.05, 0.1) is 6.54 Å². The molecule has 6 heteroatoms. The van der Waals surface area contributed by atoms with Crippen molar-refractivity contribution in [2.75, 3.05) is 0 Å². The first-order valence-electron chi connectivity index (χ1n) is 10.9. The lowest BCUT2D eigenvalue weighted by molar-refractivity contribution is -0.133. The summed E-state index contributed by atoms with van der Waals surface area (Å²) in [5.74, 6) is -0.241. The van der Waals surface area contributed by atoms with Crippen molar-refractivity contribution in [3.63, 3.8) is 0 Å². The second-order valence-electron chi connectivity index (χ2n) is 8.89. The van der Waals surface area contributed by atoms with Gasteiger partial charge in [-0.1, -0.05) is 60.8 Å². The first-order chi connectivity index (χ1) is 15.0. The highest BCUT2D eigenvalue weighted by Crippen LogP contribution is 2.34.